The highest BCUT2D eigenvalue weighted by molar-refractivity contribution is 6.02. The van der Waals surface area contributed by atoms with Gasteiger partial charge in [0.1, 0.15) is 5.75 Å². The summed E-state index contributed by atoms with van der Waals surface area (Å²) in [6.07, 6.45) is 0. The molecule has 0 bridgehead atoms. The summed E-state index contributed by atoms with van der Waals surface area (Å²) in [5, 5.41) is 9.03. The Balaban J connectivity index is 2.47. The average molecular weight is 263 g/mol. The summed E-state index contributed by atoms with van der Waals surface area (Å²) in [5.74, 6) is -1.08. The van der Waals surface area contributed by atoms with Gasteiger partial charge in [-0.15, -0.1) is 0 Å². The maximum Gasteiger partial charge on any atom is 0.310 e. The lowest BCUT2D eigenvalue weighted by atomic mass is 9.98. The van der Waals surface area contributed by atoms with Crippen molar-refractivity contribution in [1.82, 2.24) is 0 Å². The molecule has 1 amide bonds. The Bertz CT molecular complexity index is 550. The van der Waals surface area contributed by atoms with Crippen molar-refractivity contribution in [2.24, 2.45) is 0 Å². The SMILES string of the molecule is CC(C(=O)O)c1ccc2c(c1)N(C)C(=O)C(C)(C)O2. The molecule has 5 nitrogen and oxygen atoms in total. The third-order valence-corrected chi connectivity index (χ3v) is 3.40. The Morgan fingerprint density at radius 3 is 2.63 bits per heavy atom. The van der Waals surface area contributed by atoms with Crippen molar-refractivity contribution < 1.29 is 19.4 Å². The normalized spacial score (nSPS) is 18.5. The Morgan fingerprint density at radius 2 is 2.05 bits per heavy atom. The van der Waals surface area contributed by atoms with Gasteiger partial charge in [0.25, 0.3) is 5.91 Å². The third kappa shape index (κ3) is 2.16. The molecule has 5 heteroatoms. The molecule has 0 aliphatic carbocycles. The average Bonchev–Trinajstić information content (AvgIpc) is 2.34. The highest BCUT2D eigenvalue weighted by Gasteiger charge is 2.39. The van der Waals surface area contributed by atoms with Crippen LogP contribution in [0.4, 0.5) is 5.69 Å². The van der Waals surface area contributed by atoms with E-state index in [0.29, 0.717) is 17.0 Å². The van der Waals surface area contributed by atoms with Crippen molar-refractivity contribution >= 4 is 17.6 Å². The summed E-state index contributed by atoms with van der Waals surface area (Å²) in [7, 11) is 1.67. The first-order valence-corrected chi connectivity index (χ1v) is 6.08. The van der Waals surface area contributed by atoms with Crippen LogP contribution >= 0.6 is 0 Å². The van der Waals surface area contributed by atoms with Crippen LogP contribution in [-0.4, -0.2) is 29.6 Å². The number of nitrogens with zero attached hydrogens (tertiary/aromatic N) is 1. The molecule has 0 radical (unpaired) electrons. The molecule has 2 rings (SSSR count). The number of amides is 1. The van der Waals surface area contributed by atoms with Crippen molar-refractivity contribution in [2.75, 3.05) is 11.9 Å². The van der Waals surface area contributed by atoms with Crippen LogP contribution in [0.3, 0.4) is 0 Å². The Labute approximate surface area is 111 Å². The van der Waals surface area contributed by atoms with E-state index in [1.54, 1.807) is 46.0 Å². The van der Waals surface area contributed by atoms with Crippen molar-refractivity contribution in [3.63, 3.8) is 0 Å². The fourth-order valence-electron chi connectivity index (χ4n) is 2.13. The fraction of sp³-hybridized carbons (Fsp3) is 0.429. The number of carboxylic acid groups (broad SMARTS) is 1. The molecule has 0 saturated carbocycles. The molecule has 1 atom stereocenters. The lowest BCUT2D eigenvalue weighted by molar-refractivity contribution is -0.138. The van der Waals surface area contributed by atoms with E-state index in [4.69, 9.17) is 9.84 Å². The monoisotopic (exact) mass is 263 g/mol. The molecule has 1 aromatic carbocycles. The lowest BCUT2D eigenvalue weighted by Gasteiger charge is -2.37. The van der Waals surface area contributed by atoms with E-state index in [1.165, 1.54) is 4.90 Å². The predicted molar refractivity (Wildman–Crippen MR) is 70.6 cm³/mol. The van der Waals surface area contributed by atoms with Gasteiger partial charge >= 0.3 is 5.97 Å². The molecule has 1 aromatic rings. The minimum absolute atomic E-state index is 0.153. The van der Waals surface area contributed by atoms with E-state index in [9.17, 15) is 9.59 Å². The minimum atomic E-state index is -0.901. The van der Waals surface area contributed by atoms with Gasteiger partial charge in [0, 0.05) is 7.05 Å². The van der Waals surface area contributed by atoms with Crippen molar-refractivity contribution in [3.8, 4) is 5.75 Å². The number of likely N-dealkylation sites (N-methyl/N-ethyl adjacent to an activating group) is 1. The third-order valence-electron chi connectivity index (χ3n) is 3.40. The minimum Gasteiger partial charge on any atom is -0.481 e. The van der Waals surface area contributed by atoms with E-state index in [0.717, 1.165) is 0 Å². The van der Waals surface area contributed by atoms with Crippen LogP contribution in [0.25, 0.3) is 0 Å². The molecule has 0 fully saturated rings. The number of hydrogen-bond acceptors (Lipinski definition) is 3. The van der Waals surface area contributed by atoms with Gasteiger partial charge in [-0.1, -0.05) is 6.07 Å². The number of carbonyl (C=O) groups is 2. The molecule has 0 aromatic heterocycles. The molecular weight excluding hydrogens is 246 g/mol. The Morgan fingerprint density at radius 1 is 1.42 bits per heavy atom. The second-order valence-corrected chi connectivity index (χ2v) is 5.26. The number of fused-ring (bicyclic) bond motifs is 1. The number of ether oxygens (including phenoxy) is 1. The summed E-state index contributed by atoms with van der Waals surface area (Å²) < 4.78 is 5.66. The quantitative estimate of drug-likeness (QED) is 0.886. The molecule has 1 aliphatic heterocycles. The van der Waals surface area contributed by atoms with Gasteiger partial charge in [0.2, 0.25) is 0 Å². The van der Waals surface area contributed by atoms with Crippen molar-refractivity contribution in [1.29, 1.82) is 0 Å². The van der Waals surface area contributed by atoms with E-state index in [1.807, 2.05) is 0 Å². The van der Waals surface area contributed by atoms with Crippen LogP contribution in [0.2, 0.25) is 0 Å². The summed E-state index contributed by atoms with van der Waals surface area (Å²) in [5.41, 5.74) is 0.353. The summed E-state index contributed by atoms with van der Waals surface area (Å²) in [6, 6.07) is 5.13. The van der Waals surface area contributed by atoms with E-state index >= 15 is 0 Å². The number of carbonyl (C=O) groups excluding carboxylic acids is 1. The van der Waals surface area contributed by atoms with Gasteiger partial charge in [-0.25, -0.2) is 0 Å². The highest BCUT2D eigenvalue weighted by atomic mass is 16.5. The largest absolute Gasteiger partial charge is 0.481 e. The molecule has 1 N–H and O–H groups in total. The van der Waals surface area contributed by atoms with Gasteiger partial charge in [-0.3, -0.25) is 9.59 Å². The first kappa shape index (κ1) is 13.4. The van der Waals surface area contributed by atoms with Crippen LogP contribution < -0.4 is 9.64 Å². The standard InChI is InChI=1S/C14H17NO4/c1-8(12(16)17)9-5-6-11-10(7-9)15(4)13(18)14(2,3)19-11/h5-8H,1-4H3,(H,16,17). The van der Waals surface area contributed by atoms with Gasteiger partial charge in [0.05, 0.1) is 11.6 Å². The molecule has 1 unspecified atom stereocenters. The summed E-state index contributed by atoms with van der Waals surface area (Å²) in [6.45, 7) is 5.03. The number of hydrogen-bond donors (Lipinski definition) is 1. The van der Waals surface area contributed by atoms with Crippen LogP contribution in [0, 0.1) is 0 Å². The zero-order chi connectivity index (χ0) is 14.4. The lowest BCUT2D eigenvalue weighted by Crippen LogP contribution is -2.50. The molecule has 0 spiro atoms. The van der Waals surface area contributed by atoms with Crippen molar-refractivity contribution in [2.45, 2.75) is 32.3 Å². The van der Waals surface area contributed by atoms with Crippen LogP contribution in [0.5, 0.6) is 5.75 Å². The number of rotatable bonds is 2. The predicted octanol–water partition coefficient (Wildman–Crippen LogP) is 2.01. The molecule has 1 heterocycles. The zero-order valence-electron chi connectivity index (χ0n) is 11.4. The molecule has 19 heavy (non-hydrogen) atoms. The van der Waals surface area contributed by atoms with Gasteiger partial charge < -0.3 is 14.7 Å². The zero-order valence-corrected chi connectivity index (χ0v) is 11.4. The smallest absolute Gasteiger partial charge is 0.310 e. The van der Waals surface area contributed by atoms with E-state index < -0.39 is 17.5 Å². The van der Waals surface area contributed by atoms with Crippen LogP contribution in [-0.2, 0) is 9.59 Å². The molecule has 102 valence electrons. The summed E-state index contributed by atoms with van der Waals surface area (Å²) >= 11 is 0. The van der Waals surface area contributed by atoms with Gasteiger partial charge in [-0.05, 0) is 38.5 Å². The fourth-order valence-corrected chi connectivity index (χ4v) is 2.13. The number of benzene rings is 1. The van der Waals surface area contributed by atoms with Gasteiger partial charge in [-0.2, -0.15) is 0 Å². The van der Waals surface area contributed by atoms with Crippen molar-refractivity contribution in [3.05, 3.63) is 23.8 Å². The second-order valence-electron chi connectivity index (χ2n) is 5.26. The first-order valence-electron chi connectivity index (χ1n) is 6.08. The van der Waals surface area contributed by atoms with Gasteiger partial charge in [0.15, 0.2) is 5.60 Å². The maximum atomic E-state index is 12.1. The number of carboxylic acids is 1. The highest BCUT2D eigenvalue weighted by Crippen LogP contribution is 2.38. The van der Waals surface area contributed by atoms with Crippen LogP contribution in [0.15, 0.2) is 18.2 Å². The van der Waals surface area contributed by atoms with E-state index in [2.05, 4.69) is 0 Å². The topological polar surface area (TPSA) is 66.8 Å². The number of aliphatic carboxylic acids is 1. The van der Waals surface area contributed by atoms with Crippen LogP contribution in [0.1, 0.15) is 32.3 Å². The first-order chi connectivity index (χ1) is 8.74. The maximum absolute atomic E-state index is 12.1. The molecule has 0 saturated heterocycles. The van der Waals surface area contributed by atoms with E-state index in [-0.39, 0.29) is 5.91 Å². The molecule has 1 aliphatic rings. The summed E-state index contributed by atoms with van der Waals surface area (Å²) in [4.78, 5) is 24.6. The Kier molecular flexibility index (Phi) is 3.00. The molecular formula is C14H17NO4. The number of anilines is 1. The Hall–Kier alpha value is -2.04. The second kappa shape index (κ2) is 4.26.